The number of nitro groups is 1. The number of hydrogen-bond acceptors (Lipinski definition) is 4. The predicted octanol–water partition coefficient (Wildman–Crippen LogP) is -1.14. The highest BCUT2D eigenvalue weighted by atomic mass is 79.9. The molecular weight excluding hydrogens is 210 g/mol. The van der Waals surface area contributed by atoms with Crippen molar-refractivity contribution in [2.45, 2.75) is 17.7 Å². The van der Waals surface area contributed by atoms with Gasteiger partial charge in [-0.15, -0.1) is 0 Å². The Hall–Kier alpha value is -0.240. The van der Waals surface area contributed by atoms with Gasteiger partial charge < -0.3 is 15.7 Å². The number of aliphatic hydroxyl groups is 2. The normalized spacial score (nSPS) is 13.6. The van der Waals surface area contributed by atoms with Crippen molar-refractivity contribution in [2.75, 3.05) is 0 Å². The van der Waals surface area contributed by atoms with Gasteiger partial charge in [-0.05, 0) is 6.92 Å². The Labute approximate surface area is 65.1 Å². The molecule has 0 aliphatic rings. The molecule has 0 rings (SSSR count). The Morgan fingerprint density at radius 1 is 1.70 bits per heavy atom. The Morgan fingerprint density at radius 3 is 2.00 bits per heavy atom. The third kappa shape index (κ3) is 2.56. The fourth-order valence-corrected chi connectivity index (χ4v) is 0.312. The lowest BCUT2D eigenvalue weighted by Crippen LogP contribution is -2.44. The number of alkyl halides is 1. The zero-order valence-corrected chi connectivity index (χ0v) is 6.70. The van der Waals surface area contributed by atoms with Gasteiger partial charge in [-0.2, -0.15) is 0 Å². The number of nitrogens with zero attached hydrogens (tertiary/aromatic N) is 1. The molecule has 62 valence electrons. The van der Waals surface area contributed by atoms with Crippen molar-refractivity contribution in [1.29, 1.82) is 0 Å². The molecule has 0 fully saturated rings. The summed E-state index contributed by atoms with van der Waals surface area (Å²) in [6, 6.07) is 0. The Kier molecular flexibility index (Phi) is 4.74. The van der Waals surface area contributed by atoms with E-state index in [1.54, 1.807) is 0 Å². The standard InChI is InChI=1S/C3H6BrNO4.H2O/c1-2(4)3(6,7)5(8)9;/h2,6-7H,1H3;1H2. The van der Waals surface area contributed by atoms with E-state index in [4.69, 9.17) is 10.2 Å². The minimum Gasteiger partial charge on any atom is -0.412 e. The fraction of sp³-hybridized carbons (Fsp3) is 1.00. The van der Waals surface area contributed by atoms with Crippen molar-refractivity contribution in [3.8, 4) is 0 Å². The maximum Gasteiger partial charge on any atom is 0.449 e. The Bertz CT molecular complexity index is 124. The molecule has 1 atom stereocenters. The molecule has 0 aliphatic heterocycles. The number of halogens is 1. The van der Waals surface area contributed by atoms with E-state index in [-0.39, 0.29) is 5.48 Å². The summed E-state index contributed by atoms with van der Waals surface area (Å²) in [5.41, 5.74) is 0. The van der Waals surface area contributed by atoms with Crippen LogP contribution in [0.2, 0.25) is 0 Å². The van der Waals surface area contributed by atoms with Crippen LogP contribution in [0, 0.1) is 10.1 Å². The first-order valence-electron chi connectivity index (χ1n) is 2.12. The average molecular weight is 218 g/mol. The van der Waals surface area contributed by atoms with E-state index in [2.05, 4.69) is 15.9 Å². The zero-order valence-electron chi connectivity index (χ0n) is 5.11. The van der Waals surface area contributed by atoms with E-state index in [1.165, 1.54) is 6.92 Å². The Morgan fingerprint density at radius 2 is 2.00 bits per heavy atom. The summed E-state index contributed by atoms with van der Waals surface area (Å²) in [7, 11) is 0. The van der Waals surface area contributed by atoms with Crippen LogP contribution in [0.15, 0.2) is 0 Å². The van der Waals surface area contributed by atoms with Crippen molar-refractivity contribution in [3.05, 3.63) is 10.1 Å². The van der Waals surface area contributed by atoms with E-state index < -0.39 is 15.7 Å². The summed E-state index contributed by atoms with van der Waals surface area (Å²) < 4.78 is 0. The van der Waals surface area contributed by atoms with Crippen molar-refractivity contribution in [1.82, 2.24) is 0 Å². The van der Waals surface area contributed by atoms with Crippen LogP contribution >= 0.6 is 15.9 Å². The van der Waals surface area contributed by atoms with Gasteiger partial charge in [-0.3, -0.25) is 10.1 Å². The van der Waals surface area contributed by atoms with Gasteiger partial charge in [0.05, 0.1) is 4.92 Å². The monoisotopic (exact) mass is 217 g/mol. The third-order valence-electron chi connectivity index (χ3n) is 0.802. The average Bonchev–Trinajstić information content (AvgIpc) is 1.65. The van der Waals surface area contributed by atoms with Crippen LogP contribution in [-0.2, 0) is 0 Å². The second-order valence-corrected chi connectivity index (χ2v) is 2.93. The molecule has 6 nitrogen and oxygen atoms in total. The maximum atomic E-state index is 9.74. The lowest BCUT2D eigenvalue weighted by atomic mass is 10.4. The summed E-state index contributed by atoms with van der Waals surface area (Å²) in [4.78, 5) is 7.58. The van der Waals surface area contributed by atoms with Gasteiger partial charge in [-0.1, -0.05) is 15.9 Å². The minimum absolute atomic E-state index is 0. The van der Waals surface area contributed by atoms with E-state index >= 15 is 0 Å². The van der Waals surface area contributed by atoms with Gasteiger partial charge in [0, 0.05) is 0 Å². The summed E-state index contributed by atoms with van der Waals surface area (Å²) in [5.74, 6) is -2.86. The van der Waals surface area contributed by atoms with Crippen LogP contribution < -0.4 is 0 Å². The van der Waals surface area contributed by atoms with Gasteiger partial charge >= 0.3 is 5.91 Å². The lowest BCUT2D eigenvalue weighted by molar-refractivity contribution is -0.680. The second kappa shape index (κ2) is 3.81. The molecule has 0 saturated carbocycles. The van der Waals surface area contributed by atoms with Crippen molar-refractivity contribution in [3.63, 3.8) is 0 Å². The first-order chi connectivity index (χ1) is 3.89. The predicted molar refractivity (Wildman–Crippen MR) is 36.2 cm³/mol. The molecule has 0 saturated heterocycles. The Balaban J connectivity index is 0. The van der Waals surface area contributed by atoms with Crippen LogP contribution in [0.5, 0.6) is 0 Å². The van der Waals surface area contributed by atoms with Crippen LogP contribution in [0.25, 0.3) is 0 Å². The minimum atomic E-state index is -2.86. The highest BCUT2D eigenvalue weighted by molar-refractivity contribution is 9.09. The van der Waals surface area contributed by atoms with Crippen molar-refractivity contribution < 1.29 is 20.6 Å². The number of rotatable bonds is 2. The topological polar surface area (TPSA) is 115 Å². The van der Waals surface area contributed by atoms with Crippen LogP contribution in [-0.4, -0.2) is 31.4 Å². The van der Waals surface area contributed by atoms with Crippen molar-refractivity contribution >= 4 is 15.9 Å². The van der Waals surface area contributed by atoms with Gasteiger partial charge in [0.15, 0.2) is 0 Å². The molecule has 4 N–H and O–H groups in total. The van der Waals surface area contributed by atoms with Gasteiger partial charge in [-0.25, -0.2) is 0 Å². The molecule has 0 radical (unpaired) electrons. The summed E-state index contributed by atoms with van der Waals surface area (Å²) in [6.07, 6.45) is 0. The largest absolute Gasteiger partial charge is 0.449 e. The molecule has 0 heterocycles. The lowest BCUT2D eigenvalue weighted by Gasteiger charge is -2.13. The SMILES string of the molecule is CC(Br)C(O)(O)[N+](=O)[O-].O. The smallest absolute Gasteiger partial charge is 0.412 e. The summed E-state index contributed by atoms with van der Waals surface area (Å²) >= 11 is 2.65. The molecule has 0 aliphatic carbocycles. The van der Waals surface area contributed by atoms with E-state index in [0.717, 1.165) is 0 Å². The van der Waals surface area contributed by atoms with Crippen LogP contribution in [0.4, 0.5) is 0 Å². The van der Waals surface area contributed by atoms with Crippen molar-refractivity contribution in [2.24, 2.45) is 0 Å². The molecule has 0 aromatic carbocycles. The van der Waals surface area contributed by atoms with Crippen LogP contribution in [0.1, 0.15) is 6.92 Å². The van der Waals surface area contributed by atoms with Gasteiger partial charge in [0.2, 0.25) is 0 Å². The zero-order chi connectivity index (χ0) is 7.65. The molecule has 1 unspecified atom stereocenters. The molecule has 0 amide bonds. The van der Waals surface area contributed by atoms with Gasteiger partial charge in [0.1, 0.15) is 4.83 Å². The first kappa shape index (κ1) is 12.4. The van der Waals surface area contributed by atoms with Crippen LogP contribution in [0.3, 0.4) is 0 Å². The highest BCUT2D eigenvalue weighted by Gasteiger charge is 2.43. The van der Waals surface area contributed by atoms with E-state index in [0.29, 0.717) is 0 Å². The third-order valence-corrected chi connectivity index (χ3v) is 1.42. The molecular formula is C3H8BrNO5. The number of hydrogen-bond donors (Lipinski definition) is 2. The fourth-order valence-electron chi connectivity index (χ4n) is 0.145. The highest BCUT2D eigenvalue weighted by Crippen LogP contribution is 2.14. The molecule has 0 spiro atoms. The molecule has 0 bridgehead atoms. The van der Waals surface area contributed by atoms with Gasteiger partial charge in [0.25, 0.3) is 0 Å². The van der Waals surface area contributed by atoms with E-state index in [9.17, 15) is 10.1 Å². The molecule has 7 heteroatoms. The second-order valence-electron chi connectivity index (χ2n) is 1.56. The molecule has 0 aromatic heterocycles. The maximum absolute atomic E-state index is 9.74. The van der Waals surface area contributed by atoms with E-state index in [1.807, 2.05) is 0 Å². The summed E-state index contributed by atoms with van der Waals surface area (Å²) in [6.45, 7) is 1.27. The molecule has 0 aromatic rings. The first-order valence-corrected chi connectivity index (χ1v) is 3.04. The summed E-state index contributed by atoms with van der Waals surface area (Å²) in [5, 5.41) is 26.7. The quantitative estimate of drug-likeness (QED) is 0.263. The molecule has 10 heavy (non-hydrogen) atoms.